The molecule has 34 heavy (non-hydrogen) atoms. The van der Waals surface area contributed by atoms with Gasteiger partial charge in [-0.05, 0) is 34.9 Å². The molecule has 4 rings (SSSR count). The molecule has 4 aromatic rings. The van der Waals surface area contributed by atoms with Gasteiger partial charge in [0.05, 0.1) is 16.8 Å². The number of nitrogens with zero attached hydrogens (tertiary/aromatic N) is 4. The van der Waals surface area contributed by atoms with Gasteiger partial charge in [-0.3, -0.25) is 4.79 Å². The van der Waals surface area contributed by atoms with E-state index in [4.69, 9.17) is 5.73 Å². The van der Waals surface area contributed by atoms with E-state index in [1.54, 1.807) is 12.5 Å². The Morgan fingerprint density at radius 3 is 2.38 bits per heavy atom. The zero-order valence-electron chi connectivity index (χ0n) is 19.3. The summed E-state index contributed by atoms with van der Waals surface area (Å²) >= 11 is 0. The molecule has 0 atom stereocenters. The predicted molar refractivity (Wildman–Crippen MR) is 138 cm³/mol. The number of benzene rings is 2. The second-order valence-corrected chi connectivity index (χ2v) is 10.7. The largest absolute Gasteiger partial charge is 0.383 e. The lowest BCUT2D eigenvalue weighted by Gasteiger charge is -2.10. The van der Waals surface area contributed by atoms with Crippen molar-refractivity contribution in [2.24, 2.45) is 11.4 Å². The van der Waals surface area contributed by atoms with Crippen LogP contribution in [0.3, 0.4) is 0 Å². The van der Waals surface area contributed by atoms with Crippen molar-refractivity contribution in [1.29, 1.82) is 0 Å². The fourth-order valence-corrected chi connectivity index (χ4v) is 4.51. The van der Waals surface area contributed by atoms with Crippen LogP contribution in [0.5, 0.6) is 0 Å². The van der Waals surface area contributed by atoms with Crippen LogP contribution in [0.25, 0.3) is 33.4 Å². The molecule has 0 aliphatic heterocycles. The second kappa shape index (κ2) is 9.11. The number of amides is 1. The smallest absolute Gasteiger partial charge is 0.243 e. The van der Waals surface area contributed by atoms with Crippen LogP contribution in [-0.4, -0.2) is 37.2 Å². The van der Waals surface area contributed by atoms with E-state index in [0.717, 1.165) is 39.0 Å². The highest BCUT2D eigenvalue weighted by Gasteiger charge is 2.21. The van der Waals surface area contributed by atoms with E-state index in [2.05, 4.69) is 26.2 Å². The van der Waals surface area contributed by atoms with Crippen molar-refractivity contribution in [3.05, 3.63) is 73.1 Å². The van der Waals surface area contributed by atoms with Gasteiger partial charge in [-0.1, -0.05) is 43.0 Å². The first kappa shape index (κ1) is 23.2. The monoisotopic (exact) mass is 474 g/mol. The number of hydrogen-bond acceptors (Lipinski definition) is 6. The molecule has 2 aromatic heterocycles. The normalized spacial score (nSPS) is 11.4. The fourth-order valence-electron chi connectivity index (χ4n) is 3.88. The van der Waals surface area contributed by atoms with E-state index in [1.807, 2.05) is 60.1 Å². The molecule has 0 radical (unpaired) electrons. The van der Waals surface area contributed by atoms with Gasteiger partial charge >= 0.3 is 0 Å². The van der Waals surface area contributed by atoms with Crippen molar-refractivity contribution < 1.29 is 9.00 Å². The summed E-state index contributed by atoms with van der Waals surface area (Å²) in [4.78, 5) is 20.2. The Balaban J connectivity index is 1.85. The maximum atomic E-state index is 12.1. The number of fused-ring (bicyclic) bond motifs is 1. The Morgan fingerprint density at radius 1 is 1.12 bits per heavy atom. The van der Waals surface area contributed by atoms with Gasteiger partial charge < -0.3 is 15.6 Å². The van der Waals surface area contributed by atoms with E-state index in [1.165, 1.54) is 12.4 Å². The van der Waals surface area contributed by atoms with Gasteiger partial charge in [0.25, 0.3) is 0 Å². The molecule has 0 bridgehead atoms. The van der Waals surface area contributed by atoms with Gasteiger partial charge in [-0.2, -0.15) is 4.36 Å². The molecule has 0 spiro atoms. The van der Waals surface area contributed by atoms with Crippen LogP contribution in [0.2, 0.25) is 0 Å². The maximum absolute atomic E-state index is 12.1. The Labute approximate surface area is 198 Å². The van der Waals surface area contributed by atoms with Crippen LogP contribution in [0.1, 0.15) is 5.56 Å². The Bertz CT molecular complexity index is 1500. The van der Waals surface area contributed by atoms with Crippen molar-refractivity contribution in [3.8, 4) is 22.4 Å². The molecule has 8 nitrogen and oxygen atoms in total. The molecular formula is C25H26N6O2S. The standard InChI is InChI=1S/C25H26N6O2S/c1-5-20(32)27-14-16-6-8-18(9-7-16)23-21(22-24(26)28-15-29-25(22)31(23)2)17-10-12-19(13-11-17)30-34(3,4)33/h5-13,15H,1,14H2,2-4H3,(H,27,32)(H2,26,28,29). The minimum absolute atomic E-state index is 0.216. The minimum Gasteiger partial charge on any atom is -0.383 e. The predicted octanol–water partition coefficient (Wildman–Crippen LogP) is 4.05. The first-order chi connectivity index (χ1) is 16.2. The summed E-state index contributed by atoms with van der Waals surface area (Å²) in [5, 5.41) is 3.55. The lowest BCUT2D eigenvalue weighted by atomic mass is 9.98. The summed E-state index contributed by atoms with van der Waals surface area (Å²) in [5.41, 5.74) is 12.4. The van der Waals surface area contributed by atoms with E-state index >= 15 is 0 Å². The molecule has 1 amide bonds. The number of aryl methyl sites for hydroxylation is 1. The number of anilines is 1. The molecule has 0 aliphatic rings. The van der Waals surface area contributed by atoms with Crippen LogP contribution in [-0.2, 0) is 28.1 Å². The van der Waals surface area contributed by atoms with Crippen LogP contribution < -0.4 is 11.1 Å². The summed E-state index contributed by atoms with van der Waals surface area (Å²) in [7, 11) is -0.317. The highest BCUT2D eigenvalue weighted by Crippen LogP contribution is 2.41. The quantitative estimate of drug-likeness (QED) is 0.409. The topological polar surface area (TPSA) is 115 Å². The molecule has 0 unspecified atom stereocenters. The van der Waals surface area contributed by atoms with E-state index in [0.29, 0.717) is 18.1 Å². The summed E-state index contributed by atoms with van der Waals surface area (Å²) < 4.78 is 18.3. The van der Waals surface area contributed by atoms with Gasteiger partial charge in [-0.15, -0.1) is 0 Å². The van der Waals surface area contributed by atoms with E-state index in [-0.39, 0.29) is 5.91 Å². The molecule has 0 saturated heterocycles. The zero-order chi connectivity index (χ0) is 24.5. The van der Waals surface area contributed by atoms with Crippen molar-refractivity contribution >= 4 is 38.2 Å². The molecule has 3 N–H and O–H groups in total. The third-order valence-electron chi connectivity index (χ3n) is 5.36. The SMILES string of the molecule is C=CC(=O)NCc1ccc(-c2c(-c3ccc(N=S(C)(C)=O)cc3)c3c(N)ncnc3n2C)cc1. The lowest BCUT2D eigenvalue weighted by Crippen LogP contribution is -2.19. The number of rotatable bonds is 6. The van der Waals surface area contributed by atoms with Crippen LogP contribution in [0.15, 0.2) is 71.9 Å². The van der Waals surface area contributed by atoms with E-state index in [9.17, 15) is 9.00 Å². The van der Waals surface area contributed by atoms with Crippen LogP contribution in [0, 0.1) is 0 Å². The van der Waals surface area contributed by atoms with Gasteiger partial charge in [0.1, 0.15) is 17.8 Å². The number of aromatic nitrogens is 3. The van der Waals surface area contributed by atoms with Gasteiger partial charge in [0, 0.05) is 41.4 Å². The lowest BCUT2D eigenvalue weighted by molar-refractivity contribution is -0.116. The van der Waals surface area contributed by atoms with Gasteiger partial charge in [0.2, 0.25) is 5.91 Å². The highest BCUT2D eigenvalue weighted by molar-refractivity contribution is 7.92. The average molecular weight is 475 g/mol. The summed E-state index contributed by atoms with van der Waals surface area (Å²) in [5.74, 6) is 0.177. The average Bonchev–Trinajstić information content (AvgIpc) is 3.11. The highest BCUT2D eigenvalue weighted by atomic mass is 32.2. The van der Waals surface area contributed by atoms with E-state index < -0.39 is 9.73 Å². The first-order valence-corrected chi connectivity index (χ1v) is 12.9. The van der Waals surface area contributed by atoms with Crippen molar-refractivity contribution in [1.82, 2.24) is 19.9 Å². The van der Waals surface area contributed by atoms with Gasteiger partial charge in [0.15, 0.2) is 0 Å². The third kappa shape index (κ3) is 4.69. The third-order valence-corrected chi connectivity index (χ3v) is 6.01. The van der Waals surface area contributed by atoms with Crippen molar-refractivity contribution in [2.75, 3.05) is 18.2 Å². The first-order valence-electron chi connectivity index (χ1n) is 10.5. The maximum Gasteiger partial charge on any atom is 0.243 e. The molecule has 2 aromatic carbocycles. The minimum atomic E-state index is -2.26. The number of nitrogens with one attached hydrogen (secondary N) is 1. The van der Waals surface area contributed by atoms with Gasteiger partial charge in [-0.25, -0.2) is 14.2 Å². The molecule has 174 valence electrons. The number of carbonyl (C=O) groups is 1. The van der Waals surface area contributed by atoms with Crippen molar-refractivity contribution in [2.45, 2.75) is 6.54 Å². The number of nitrogens with two attached hydrogens (primary N) is 1. The Hall–Kier alpha value is -3.98. The Kier molecular flexibility index (Phi) is 6.21. The van der Waals surface area contributed by atoms with Crippen LogP contribution >= 0.6 is 0 Å². The van der Waals surface area contributed by atoms with Crippen molar-refractivity contribution in [3.63, 3.8) is 0 Å². The number of nitrogen functional groups attached to an aromatic ring is 1. The summed E-state index contributed by atoms with van der Waals surface area (Å²) in [6, 6.07) is 15.5. The molecule has 0 aliphatic carbocycles. The van der Waals surface area contributed by atoms with Crippen LogP contribution in [0.4, 0.5) is 11.5 Å². The molecular weight excluding hydrogens is 448 g/mol. The second-order valence-electron chi connectivity index (χ2n) is 8.18. The molecule has 9 heteroatoms. The summed E-state index contributed by atoms with van der Waals surface area (Å²) in [6.45, 7) is 3.88. The number of hydrogen-bond donors (Lipinski definition) is 2. The Morgan fingerprint density at radius 2 is 1.76 bits per heavy atom. The number of carbonyl (C=O) groups excluding carboxylic acids is 1. The molecule has 0 fully saturated rings. The molecule has 2 heterocycles. The fraction of sp³-hybridized carbons (Fsp3) is 0.160. The zero-order valence-corrected chi connectivity index (χ0v) is 20.1. The molecule has 0 saturated carbocycles. The summed E-state index contributed by atoms with van der Waals surface area (Å²) in [6.07, 6.45) is 5.92.